The number of hydrogen-bond donors (Lipinski definition) is 1. The molecule has 0 saturated carbocycles. The lowest BCUT2D eigenvalue weighted by Crippen LogP contribution is -2.55. The van der Waals surface area contributed by atoms with Gasteiger partial charge >= 0.3 is 0 Å². The normalized spacial score (nSPS) is 18.3. The van der Waals surface area contributed by atoms with Crippen LogP contribution in [0, 0.1) is 6.92 Å². The van der Waals surface area contributed by atoms with Crippen LogP contribution in [0.15, 0.2) is 42.5 Å². The first-order chi connectivity index (χ1) is 15.0. The number of amides is 1. The lowest BCUT2D eigenvalue weighted by molar-refractivity contribution is -0.137. The average molecular weight is 437 g/mol. The van der Waals surface area contributed by atoms with Gasteiger partial charge in [-0.05, 0) is 37.6 Å². The second-order valence-electron chi connectivity index (χ2n) is 8.77. The van der Waals surface area contributed by atoms with E-state index in [2.05, 4.69) is 59.0 Å². The van der Waals surface area contributed by atoms with Gasteiger partial charge in [-0.1, -0.05) is 35.9 Å². The van der Waals surface area contributed by atoms with Crippen molar-refractivity contribution in [3.05, 3.63) is 64.3 Å². The highest BCUT2D eigenvalue weighted by molar-refractivity contribution is 6.30. The van der Waals surface area contributed by atoms with Gasteiger partial charge < -0.3 is 14.8 Å². The lowest BCUT2D eigenvalue weighted by Gasteiger charge is -2.40. The highest BCUT2D eigenvalue weighted by Gasteiger charge is 2.31. The van der Waals surface area contributed by atoms with E-state index in [0.29, 0.717) is 6.54 Å². The van der Waals surface area contributed by atoms with Crippen molar-refractivity contribution in [3.63, 3.8) is 0 Å². The maximum Gasteiger partial charge on any atom is 0.239 e. The molecule has 2 aliphatic heterocycles. The Kier molecular flexibility index (Phi) is 5.40. The second kappa shape index (κ2) is 8.21. The van der Waals surface area contributed by atoms with Crippen LogP contribution in [0.4, 0.5) is 5.69 Å². The summed E-state index contributed by atoms with van der Waals surface area (Å²) < 4.78 is 0. The molecular weight excluding hydrogens is 408 g/mol. The van der Waals surface area contributed by atoms with Crippen LogP contribution in [0.1, 0.15) is 23.7 Å². The van der Waals surface area contributed by atoms with Gasteiger partial charge in [-0.15, -0.1) is 0 Å². The van der Waals surface area contributed by atoms with E-state index >= 15 is 0 Å². The second-order valence-corrected chi connectivity index (χ2v) is 9.20. The number of nitrogens with zero attached hydrogens (tertiary/aromatic N) is 3. The highest BCUT2D eigenvalue weighted by Crippen LogP contribution is 2.29. The number of benzene rings is 2. The van der Waals surface area contributed by atoms with Gasteiger partial charge in [0.2, 0.25) is 5.91 Å². The van der Waals surface area contributed by atoms with Crippen molar-refractivity contribution in [1.29, 1.82) is 0 Å². The first kappa shape index (κ1) is 20.4. The molecule has 162 valence electrons. The third kappa shape index (κ3) is 3.81. The van der Waals surface area contributed by atoms with E-state index in [4.69, 9.17) is 11.6 Å². The Bertz CT molecular complexity index is 1120. The predicted octanol–water partition coefficient (Wildman–Crippen LogP) is 4.23. The molecule has 1 fully saturated rings. The molecule has 2 aliphatic rings. The number of aryl methyl sites for hydroxylation is 1. The monoisotopic (exact) mass is 436 g/mol. The van der Waals surface area contributed by atoms with Crippen LogP contribution < -0.4 is 4.90 Å². The summed E-state index contributed by atoms with van der Waals surface area (Å²) in [5.41, 5.74) is 6.17. The summed E-state index contributed by atoms with van der Waals surface area (Å²) in [5, 5.41) is 2.02. The molecule has 5 rings (SSSR count). The van der Waals surface area contributed by atoms with Gasteiger partial charge in [0.25, 0.3) is 0 Å². The SMILES string of the molecule is Cc1ccc(Cl)cc1N1CCN([C@@H](C)C(=O)N2CCc3[nH]c4ccccc4c3C2)CC1. The van der Waals surface area contributed by atoms with E-state index in [1.165, 1.54) is 33.4 Å². The van der Waals surface area contributed by atoms with Crippen LogP contribution in [0.5, 0.6) is 0 Å². The van der Waals surface area contributed by atoms with E-state index in [1.54, 1.807) is 0 Å². The summed E-state index contributed by atoms with van der Waals surface area (Å²) in [7, 11) is 0. The van der Waals surface area contributed by atoms with Gasteiger partial charge in [-0.3, -0.25) is 9.69 Å². The van der Waals surface area contributed by atoms with E-state index in [9.17, 15) is 4.79 Å². The standard InChI is InChI=1S/C25H29ClN4O/c1-17-7-8-19(26)15-24(17)29-13-11-28(12-14-29)18(2)25(31)30-10-9-23-21(16-30)20-5-3-4-6-22(20)27-23/h3-8,15,18,27H,9-14,16H2,1-2H3/t18-/m0/s1. The summed E-state index contributed by atoms with van der Waals surface area (Å²) in [6.07, 6.45) is 0.893. The van der Waals surface area contributed by atoms with Gasteiger partial charge in [0.1, 0.15) is 0 Å². The number of para-hydroxylation sites is 1. The molecule has 3 heterocycles. The molecule has 1 aromatic heterocycles. The zero-order valence-electron chi connectivity index (χ0n) is 18.2. The fourth-order valence-electron chi connectivity index (χ4n) is 5.05. The quantitative estimate of drug-likeness (QED) is 0.668. The molecule has 0 unspecified atom stereocenters. The van der Waals surface area contributed by atoms with E-state index in [1.807, 2.05) is 17.0 Å². The van der Waals surface area contributed by atoms with Crippen LogP contribution in [0.25, 0.3) is 10.9 Å². The van der Waals surface area contributed by atoms with Crippen molar-refractivity contribution in [2.75, 3.05) is 37.6 Å². The molecule has 1 atom stereocenters. The molecule has 0 radical (unpaired) electrons. The van der Waals surface area contributed by atoms with Crippen LogP contribution in [0.2, 0.25) is 5.02 Å². The van der Waals surface area contributed by atoms with Crippen molar-refractivity contribution in [1.82, 2.24) is 14.8 Å². The van der Waals surface area contributed by atoms with Crippen molar-refractivity contribution < 1.29 is 4.79 Å². The number of carbonyl (C=O) groups excluding carboxylic acids is 1. The lowest BCUT2D eigenvalue weighted by atomic mass is 10.0. The number of H-pyrrole nitrogens is 1. The Hall–Kier alpha value is -2.50. The zero-order valence-corrected chi connectivity index (χ0v) is 19.0. The molecule has 3 aromatic rings. The molecule has 2 aromatic carbocycles. The Balaban J connectivity index is 1.24. The molecule has 1 saturated heterocycles. The predicted molar refractivity (Wildman–Crippen MR) is 127 cm³/mol. The number of aromatic amines is 1. The number of anilines is 1. The number of nitrogens with one attached hydrogen (secondary N) is 1. The van der Waals surface area contributed by atoms with Crippen LogP contribution in [0.3, 0.4) is 0 Å². The van der Waals surface area contributed by atoms with Gasteiger partial charge in [0, 0.05) is 78.6 Å². The molecule has 1 N–H and O–H groups in total. The number of fused-ring (bicyclic) bond motifs is 3. The Morgan fingerprint density at radius 1 is 1.06 bits per heavy atom. The molecule has 6 heteroatoms. The molecule has 0 aliphatic carbocycles. The third-order valence-electron chi connectivity index (χ3n) is 6.93. The molecule has 0 spiro atoms. The van der Waals surface area contributed by atoms with E-state index in [-0.39, 0.29) is 11.9 Å². The molecule has 0 bridgehead atoms. The zero-order chi connectivity index (χ0) is 21.5. The maximum atomic E-state index is 13.4. The summed E-state index contributed by atoms with van der Waals surface area (Å²) in [6, 6.07) is 14.4. The van der Waals surface area contributed by atoms with Gasteiger partial charge in [-0.2, -0.15) is 0 Å². The molecule has 5 nitrogen and oxygen atoms in total. The summed E-state index contributed by atoms with van der Waals surface area (Å²) in [4.78, 5) is 23.6. The number of aromatic nitrogens is 1. The molecule has 1 amide bonds. The van der Waals surface area contributed by atoms with Gasteiger partial charge in [-0.25, -0.2) is 0 Å². The largest absolute Gasteiger partial charge is 0.369 e. The Morgan fingerprint density at radius 3 is 2.65 bits per heavy atom. The Morgan fingerprint density at radius 2 is 1.84 bits per heavy atom. The average Bonchev–Trinajstić information content (AvgIpc) is 3.18. The van der Waals surface area contributed by atoms with Crippen molar-refractivity contribution in [3.8, 4) is 0 Å². The van der Waals surface area contributed by atoms with Crippen LogP contribution >= 0.6 is 11.6 Å². The third-order valence-corrected chi connectivity index (χ3v) is 7.16. The topological polar surface area (TPSA) is 42.6 Å². The molecule has 31 heavy (non-hydrogen) atoms. The van der Waals surface area contributed by atoms with E-state index < -0.39 is 0 Å². The number of piperazine rings is 1. The maximum absolute atomic E-state index is 13.4. The van der Waals surface area contributed by atoms with Gasteiger partial charge in [0.15, 0.2) is 0 Å². The first-order valence-electron chi connectivity index (χ1n) is 11.1. The van der Waals surface area contributed by atoms with Crippen LogP contribution in [-0.2, 0) is 17.8 Å². The number of carbonyl (C=O) groups is 1. The smallest absolute Gasteiger partial charge is 0.239 e. The first-order valence-corrected chi connectivity index (χ1v) is 11.5. The number of rotatable bonds is 3. The summed E-state index contributed by atoms with van der Waals surface area (Å²) in [5.74, 6) is 0.239. The fraction of sp³-hybridized carbons (Fsp3) is 0.400. The summed E-state index contributed by atoms with van der Waals surface area (Å²) >= 11 is 6.22. The summed E-state index contributed by atoms with van der Waals surface area (Å²) in [6.45, 7) is 9.24. The molecular formula is C25H29ClN4O. The van der Waals surface area contributed by atoms with Crippen molar-refractivity contribution >= 4 is 34.1 Å². The minimum atomic E-state index is -0.102. The minimum absolute atomic E-state index is 0.102. The number of halogens is 1. The van der Waals surface area contributed by atoms with Crippen molar-refractivity contribution in [2.45, 2.75) is 32.9 Å². The van der Waals surface area contributed by atoms with Crippen molar-refractivity contribution in [2.24, 2.45) is 0 Å². The van der Waals surface area contributed by atoms with E-state index in [0.717, 1.165) is 44.2 Å². The fourth-order valence-corrected chi connectivity index (χ4v) is 5.21. The Labute approximate surface area is 188 Å². The number of hydrogen-bond acceptors (Lipinski definition) is 3. The van der Waals surface area contributed by atoms with Crippen LogP contribution in [-0.4, -0.2) is 59.5 Å². The minimum Gasteiger partial charge on any atom is -0.369 e. The highest BCUT2D eigenvalue weighted by atomic mass is 35.5. The van der Waals surface area contributed by atoms with Gasteiger partial charge in [0.05, 0.1) is 6.04 Å².